The van der Waals surface area contributed by atoms with Crippen molar-refractivity contribution in [2.75, 3.05) is 6.54 Å². The topological polar surface area (TPSA) is 46.2 Å². The Bertz CT molecular complexity index is 506. The van der Waals surface area contributed by atoms with Gasteiger partial charge in [0.05, 0.1) is 0 Å². The van der Waals surface area contributed by atoms with E-state index in [0.29, 0.717) is 18.0 Å². The lowest BCUT2D eigenvalue weighted by molar-refractivity contribution is -0.117. The molecular formula is C17H23NO2. The first kappa shape index (κ1) is 14.8. The summed E-state index contributed by atoms with van der Waals surface area (Å²) in [4.78, 5) is 23.9. The van der Waals surface area contributed by atoms with Gasteiger partial charge in [-0.2, -0.15) is 0 Å². The van der Waals surface area contributed by atoms with Gasteiger partial charge in [-0.15, -0.1) is 0 Å². The molecule has 3 heteroatoms. The predicted octanol–water partition coefficient (Wildman–Crippen LogP) is 2.91. The van der Waals surface area contributed by atoms with Crippen LogP contribution in [0.3, 0.4) is 0 Å². The number of Topliss-reactive ketones (excluding diaryl/α,β-unsaturated/α-hetero) is 1. The van der Waals surface area contributed by atoms with E-state index in [1.165, 1.54) is 24.0 Å². The Labute approximate surface area is 120 Å². The predicted molar refractivity (Wildman–Crippen MR) is 79.9 cm³/mol. The summed E-state index contributed by atoms with van der Waals surface area (Å²) in [7, 11) is 0. The van der Waals surface area contributed by atoms with Gasteiger partial charge in [-0.25, -0.2) is 0 Å². The van der Waals surface area contributed by atoms with Crippen LogP contribution in [0.15, 0.2) is 18.2 Å². The number of fused-ring (bicyclic) bond motifs is 1. The van der Waals surface area contributed by atoms with Crippen LogP contribution in [0.2, 0.25) is 0 Å². The van der Waals surface area contributed by atoms with Crippen molar-refractivity contribution in [3.63, 3.8) is 0 Å². The van der Waals surface area contributed by atoms with Crippen molar-refractivity contribution in [2.45, 2.75) is 46.0 Å². The Kier molecular flexibility index (Phi) is 4.94. The van der Waals surface area contributed by atoms with E-state index in [4.69, 9.17) is 0 Å². The summed E-state index contributed by atoms with van der Waals surface area (Å²) in [5, 5.41) is 2.70. The molecule has 1 amide bonds. The van der Waals surface area contributed by atoms with Gasteiger partial charge < -0.3 is 5.32 Å². The minimum absolute atomic E-state index is 0.415. The van der Waals surface area contributed by atoms with Crippen molar-refractivity contribution < 1.29 is 9.59 Å². The van der Waals surface area contributed by atoms with Gasteiger partial charge in [0.25, 0.3) is 5.91 Å². The normalized spacial score (nSPS) is 13.9. The lowest BCUT2D eigenvalue weighted by Gasteiger charge is -2.16. The standard InChI is InChI=1S/C17H23NO2/c1-12(2)9-10-18-17(20)16(19)15-8-7-13-5-3-4-6-14(13)11-15/h7-8,11-12H,3-6,9-10H2,1-2H3,(H,18,20). The first-order valence-corrected chi connectivity index (χ1v) is 7.52. The molecule has 1 N–H and O–H groups in total. The Morgan fingerprint density at radius 3 is 2.55 bits per heavy atom. The van der Waals surface area contributed by atoms with E-state index < -0.39 is 11.7 Å². The highest BCUT2D eigenvalue weighted by atomic mass is 16.2. The van der Waals surface area contributed by atoms with Gasteiger partial charge in [0.15, 0.2) is 0 Å². The monoisotopic (exact) mass is 273 g/mol. The zero-order valence-electron chi connectivity index (χ0n) is 12.4. The molecule has 20 heavy (non-hydrogen) atoms. The van der Waals surface area contributed by atoms with Crippen molar-refractivity contribution in [2.24, 2.45) is 5.92 Å². The SMILES string of the molecule is CC(C)CCNC(=O)C(=O)c1ccc2c(c1)CCCC2. The zero-order chi connectivity index (χ0) is 14.5. The van der Waals surface area contributed by atoms with Gasteiger partial charge in [0.2, 0.25) is 5.78 Å². The number of carbonyl (C=O) groups excluding carboxylic acids is 2. The summed E-state index contributed by atoms with van der Waals surface area (Å²) >= 11 is 0. The molecule has 0 aliphatic heterocycles. The molecule has 0 spiro atoms. The van der Waals surface area contributed by atoms with Crippen LogP contribution in [0.5, 0.6) is 0 Å². The fraction of sp³-hybridized carbons (Fsp3) is 0.529. The number of aryl methyl sites for hydroxylation is 2. The molecule has 1 aliphatic carbocycles. The largest absolute Gasteiger partial charge is 0.349 e. The second-order valence-corrected chi connectivity index (χ2v) is 5.96. The minimum Gasteiger partial charge on any atom is -0.349 e. The van der Waals surface area contributed by atoms with Gasteiger partial charge in [-0.1, -0.05) is 26.0 Å². The van der Waals surface area contributed by atoms with Crippen LogP contribution in [0.4, 0.5) is 0 Å². The number of hydrogen-bond donors (Lipinski definition) is 1. The molecule has 2 rings (SSSR count). The molecule has 1 aliphatic rings. The maximum atomic E-state index is 12.1. The highest BCUT2D eigenvalue weighted by Gasteiger charge is 2.18. The smallest absolute Gasteiger partial charge is 0.292 e. The van der Waals surface area contributed by atoms with Gasteiger partial charge in [0, 0.05) is 12.1 Å². The number of ketones is 1. The van der Waals surface area contributed by atoms with E-state index >= 15 is 0 Å². The maximum absolute atomic E-state index is 12.1. The number of amides is 1. The van der Waals surface area contributed by atoms with E-state index in [2.05, 4.69) is 19.2 Å². The average Bonchev–Trinajstić information content (AvgIpc) is 2.45. The van der Waals surface area contributed by atoms with E-state index in [1.807, 2.05) is 12.1 Å². The summed E-state index contributed by atoms with van der Waals surface area (Å²) in [6, 6.07) is 5.69. The molecule has 0 saturated heterocycles. The molecule has 0 saturated carbocycles. The fourth-order valence-electron chi connectivity index (χ4n) is 2.56. The Balaban J connectivity index is 2.00. The molecule has 1 aromatic carbocycles. The van der Waals surface area contributed by atoms with Gasteiger partial charge in [-0.05, 0) is 55.2 Å². The molecule has 0 bridgehead atoms. The lowest BCUT2D eigenvalue weighted by Crippen LogP contribution is -2.32. The Hall–Kier alpha value is -1.64. The zero-order valence-corrected chi connectivity index (χ0v) is 12.4. The van der Waals surface area contributed by atoms with E-state index in [0.717, 1.165) is 19.3 Å². The van der Waals surface area contributed by atoms with Crippen LogP contribution in [0, 0.1) is 5.92 Å². The quantitative estimate of drug-likeness (QED) is 0.662. The summed E-state index contributed by atoms with van der Waals surface area (Å²) < 4.78 is 0. The van der Waals surface area contributed by atoms with Crippen molar-refractivity contribution >= 4 is 11.7 Å². The van der Waals surface area contributed by atoms with Gasteiger partial charge >= 0.3 is 0 Å². The maximum Gasteiger partial charge on any atom is 0.292 e. The van der Waals surface area contributed by atoms with Crippen molar-refractivity contribution in [3.05, 3.63) is 34.9 Å². The molecule has 0 unspecified atom stereocenters. The molecular weight excluding hydrogens is 250 g/mol. The third-order valence-electron chi connectivity index (χ3n) is 3.82. The fourth-order valence-corrected chi connectivity index (χ4v) is 2.56. The molecule has 0 atom stereocenters. The van der Waals surface area contributed by atoms with Crippen LogP contribution in [-0.2, 0) is 17.6 Å². The Morgan fingerprint density at radius 1 is 1.15 bits per heavy atom. The molecule has 0 aromatic heterocycles. The van der Waals surface area contributed by atoms with Crippen LogP contribution in [-0.4, -0.2) is 18.2 Å². The number of nitrogens with one attached hydrogen (secondary N) is 1. The molecule has 3 nitrogen and oxygen atoms in total. The first-order valence-electron chi connectivity index (χ1n) is 7.52. The average molecular weight is 273 g/mol. The van der Waals surface area contributed by atoms with E-state index in [1.54, 1.807) is 6.07 Å². The molecule has 0 heterocycles. The summed E-state index contributed by atoms with van der Waals surface area (Å²) in [6.45, 7) is 4.75. The van der Waals surface area contributed by atoms with E-state index in [-0.39, 0.29) is 0 Å². The molecule has 1 aromatic rings. The second kappa shape index (κ2) is 6.69. The van der Waals surface area contributed by atoms with Crippen molar-refractivity contribution in [1.29, 1.82) is 0 Å². The number of carbonyl (C=O) groups is 2. The lowest BCUT2D eigenvalue weighted by atomic mass is 9.90. The number of rotatable bonds is 5. The molecule has 0 fully saturated rings. The van der Waals surface area contributed by atoms with Crippen LogP contribution in [0.1, 0.15) is 54.6 Å². The van der Waals surface area contributed by atoms with Gasteiger partial charge in [0.1, 0.15) is 0 Å². The number of hydrogen-bond acceptors (Lipinski definition) is 2. The van der Waals surface area contributed by atoms with Crippen LogP contribution >= 0.6 is 0 Å². The first-order chi connectivity index (χ1) is 9.58. The minimum atomic E-state index is -0.485. The highest BCUT2D eigenvalue weighted by molar-refractivity contribution is 6.42. The van der Waals surface area contributed by atoms with Gasteiger partial charge in [-0.3, -0.25) is 9.59 Å². The summed E-state index contributed by atoms with van der Waals surface area (Å²) in [6.07, 6.45) is 5.39. The Morgan fingerprint density at radius 2 is 1.85 bits per heavy atom. The molecule has 0 radical (unpaired) electrons. The number of benzene rings is 1. The van der Waals surface area contributed by atoms with Crippen molar-refractivity contribution in [1.82, 2.24) is 5.32 Å². The van der Waals surface area contributed by atoms with Crippen LogP contribution < -0.4 is 5.32 Å². The summed E-state index contributed by atoms with van der Waals surface area (Å²) in [5.74, 6) is -0.377. The van der Waals surface area contributed by atoms with Crippen molar-refractivity contribution in [3.8, 4) is 0 Å². The molecule has 108 valence electrons. The summed E-state index contributed by atoms with van der Waals surface area (Å²) in [5.41, 5.74) is 3.08. The van der Waals surface area contributed by atoms with E-state index in [9.17, 15) is 9.59 Å². The third kappa shape index (κ3) is 3.69. The highest BCUT2D eigenvalue weighted by Crippen LogP contribution is 2.22. The second-order valence-electron chi connectivity index (χ2n) is 5.96. The third-order valence-corrected chi connectivity index (χ3v) is 3.82. The van der Waals surface area contributed by atoms with Crippen LogP contribution in [0.25, 0.3) is 0 Å².